The van der Waals surface area contributed by atoms with Crippen molar-refractivity contribution < 1.29 is 19.1 Å². The van der Waals surface area contributed by atoms with Crippen LogP contribution in [0.2, 0.25) is 0 Å². The van der Waals surface area contributed by atoms with Gasteiger partial charge in [0.15, 0.2) is 11.5 Å². The molecular weight excluding hydrogens is 502 g/mol. The standard InChI is InChI=1S/C33H35N3O4/c1-20(2)22-10-12-23(13-11-22)32-31-25(24-7-5-6-8-26(24)34-31)18-27-33(38)35(19-30(37)36(27)32)16-15-21-9-14-28(39-3)29(17-21)40-4/h5-14,17,20,27,32,34H,15-16,18-19H2,1-4H3/t27-,32?/m1/s1. The van der Waals surface area contributed by atoms with Crippen LogP contribution in [0.4, 0.5) is 0 Å². The van der Waals surface area contributed by atoms with Crippen molar-refractivity contribution in [2.24, 2.45) is 0 Å². The molecule has 0 saturated carbocycles. The maximum Gasteiger partial charge on any atom is 0.246 e. The van der Waals surface area contributed by atoms with E-state index in [1.807, 2.05) is 35.2 Å². The van der Waals surface area contributed by atoms with Crippen molar-refractivity contribution in [1.82, 2.24) is 14.8 Å². The van der Waals surface area contributed by atoms with Crippen LogP contribution in [0.1, 0.15) is 53.8 Å². The van der Waals surface area contributed by atoms with E-state index in [9.17, 15) is 9.59 Å². The van der Waals surface area contributed by atoms with Gasteiger partial charge in [-0.1, -0.05) is 62.4 Å². The number of H-pyrrole nitrogens is 1. The summed E-state index contributed by atoms with van der Waals surface area (Å²) in [4.78, 5) is 35.0. The van der Waals surface area contributed by atoms with Crippen LogP contribution in [0.25, 0.3) is 10.9 Å². The van der Waals surface area contributed by atoms with E-state index in [4.69, 9.17) is 9.47 Å². The smallest absolute Gasteiger partial charge is 0.246 e. The molecule has 3 aromatic carbocycles. The third kappa shape index (κ3) is 4.39. The quantitative estimate of drug-likeness (QED) is 0.350. The minimum Gasteiger partial charge on any atom is -0.493 e. The number of ether oxygens (including phenoxy) is 2. The summed E-state index contributed by atoms with van der Waals surface area (Å²) in [6.45, 7) is 4.87. The molecule has 2 aliphatic rings. The first-order valence-electron chi connectivity index (χ1n) is 13.9. The van der Waals surface area contributed by atoms with Crippen molar-refractivity contribution in [2.45, 2.75) is 44.7 Å². The Morgan fingerprint density at radius 2 is 1.70 bits per heavy atom. The number of methoxy groups -OCH3 is 2. The molecule has 1 fully saturated rings. The molecule has 3 heterocycles. The minimum atomic E-state index is -0.548. The van der Waals surface area contributed by atoms with Gasteiger partial charge in [-0.05, 0) is 52.8 Å². The number of aromatic amines is 1. The maximum absolute atomic E-state index is 14.0. The van der Waals surface area contributed by atoms with Crippen LogP contribution in [-0.4, -0.2) is 59.9 Å². The largest absolute Gasteiger partial charge is 0.493 e. The summed E-state index contributed by atoms with van der Waals surface area (Å²) in [5.74, 6) is 1.70. The van der Waals surface area contributed by atoms with Crippen LogP contribution in [-0.2, 0) is 22.4 Å². The lowest BCUT2D eigenvalue weighted by atomic mass is 9.85. The maximum atomic E-state index is 14.0. The molecule has 0 bridgehead atoms. The molecule has 4 aromatic rings. The van der Waals surface area contributed by atoms with Crippen molar-refractivity contribution >= 4 is 22.7 Å². The Kier molecular flexibility index (Phi) is 6.74. The first-order chi connectivity index (χ1) is 19.4. The SMILES string of the molecule is COc1ccc(CCN2CC(=O)N3C(c4ccc(C(C)C)cc4)c4[nH]c5ccccc5c4C[C@@H]3C2=O)cc1OC. The zero-order valence-electron chi connectivity index (χ0n) is 23.4. The van der Waals surface area contributed by atoms with Gasteiger partial charge in [-0.25, -0.2) is 0 Å². The van der Waals surface area contributed by atoms with Crippen LogP contribution >= 0.6 is 0 Å². The van der Waals surface area contributed by atoms with Gasteiger partial charge in [0.25, 0.3) is 0 Å². The van der Waals surface area contributed by atoms with Gasteiger partial charge >= 0.3 is 0 Å². The second-order valence-corrected chi connectivity index (χ2v) is 11.0. The second kappa shape index (κ2) is 10.4. The zero-order chi connectivity index (χ0) is 28.0. The fraction of sp³-hybridized carbons (Fsp3) is 0.333. The highest BCUT2D eigenvalue weighted by atomic mass is 16.5. The summed E-state index contributed by atoms with van der Waals surface area (Å²) in [7, 11) is 3.22. The highest BCUT2D eigenvalue weighted by Crippen LogP contribution is 2.42. The van der Waals surface area contributed by atoms with Crippen molar-refractivity contribution in [2.75, 3.05) is 27.3 Å². The van der Waals surface area contributed by atoms with Crippen molar-refractivity contribution in [3.05, 3.63) is 94.7 Å². The third-order valence-electron chi connectivity index (χ3n) is 8.38. The molecule has 0 spiro atoms. The molecule has 40 heavy (non-hydrogen) atoms. The van der Waals surface area contributed by atoms with Crippen LogP contribution in [0.15, 0.2) is 66.7 Å². The Morgan fingerprint density at radius 1 is 0.950 bits per heavy atom. The van der Waals surface area contributed by atoms with E-state index < -0.39 is 6.04 Å². The fourth-order valence-corrected chi connectivity index (χ4v) is 6.22. The van der Waals surface area contributed by atoms with E-state index in [2.05, 4.69) is 55.2 Å². The third-order valence-corrected chi connectivity index (χ3v) is 8.38. The molecule has 1 saturated heterocycles. The number of para-hydroxylation sites is 1. The van der Waals surface area contributed by atoms with Gasteiger partial charge in [0.1, 0.15) is 6.04 Å². The molecule has 1 aromatic heterocycles. The first kappa shape index (κ1) is 26.0. The molecule has 2 amide bonds. The van der Waals surface area contributed by atoms with Crippen molar-refractivity contribution in [3.63, 3.8) is 0 Å². The van der Waals surface area contributed by atoms with Crippen LogP contribution < -0.4 is 9.47 Å². The van der Waals surface area contributed by atoms with Gasteiger partial charge in [0.05, 0.1) is 26.8 Å². The molecule has 7 nitrogen and oxygen atoms in total. The molecular formula is C33H35N3O4. The molecule has 1 unspecified atom stereocenters. The molecule has 2 aliphatic heterocycles. The summed E-state index contributed by atoms with van der Waals surface area (Å²) in [5.41, 5.74) is 6.44. The van der Waals surface area contributed by atoms with E-state index >= 15 is 0 Å². The highest BCUT2D eigenvalue weighted by Gasteiger charge is 2.48. The molecule has 206 valence electrons. The number of amides is 2. The molecule has 6 rings (SSSR count). The van der Waals surface area contributed by atoms with Gasteiger partial charge < -0.3 is 24.3 Å². The van der Waals surface area contributed by atoms with E-state index in [0.717, 1.165) is 33.3 Å². The van der Waals surface area contributed by atoms with Gasteiger partial charge in [-0.15, -0.1) is 0 Å². The summed E-state index contributed by atoms with van der Waals surface area (Å²) in [5, 5.41) is 1.11. The minimum absolute atomic E-state index is 0.000177. The normalized spacial score (nSPS) is 18.7. The van der Waals surface area contributed by atoms with Crippen LogP contribution in [0, 0.1) is 0 Å². The average Bonchev–Trinajstić information content (AvgIpc) is 3.35. The summed E-state index contributed by atoms with van der Waals surface area (Å²) < 4.78 is 10.8. The lowest BCUT2D eigenvalue weighted by Gasteiger charge is -2.47. The van der Waals surface area contributed by atoms with E-state index in [1.165, 1.54) is 5.56 Å². The Hall–Kier alpha value is -4.26. The number of nitrogens with one attached hydrogen (secondary N) is 1. The Morgan fingerprint density at radius 3 is 2.42 bits per heavy atom. The molecule has 1 N–H and O–H groups in total. The number of nitrogens with zero attached hydrogens (tertiary/aromatic N) is 2. The van der Waals surface area contributed by atoms with Gasteiger partial charge in [0, 0.05) is 29.6 Å². The molecule has 0 aliphatic carbocycles. The first-order valence-corrected chi connectivity index (χ1v) is 13.9. The van der Waals surface area contributed by atoms with Crippen LogP contribution in [0.3, 0.4) is 0 Å². The summed E-state index contributed by atoms with van der Waals surface area (Å²) >= 11 is 0. The van der Waals surface area contributed by atoms with E-state index in [-0.39, 0.29) is 24.4 Å². The topological polar surface area (TPSA) is 74.9 Å². The Bertz CT molecular complexity index is 1570. The van der Waals surface area contributed by atoms with Crippen LogP contribution in [0.5, 0.6) is 11.5 Å². The Balaban J connectivity index is 1.34. The number of carbonyl (C=O) groups is 2. The van der Waals surface area contributed by atoms with Gasteiger partial charge in [0.2, 0.25) is 11.8 Å². The number of hydrogen-bond acceptors (Lipinski definition) is 4. The number of hydrogen-bond donors (Lipinski definition) is 1. The van der Waals surface area contributed by atoms with E-state index in [0.29, 0.717) is 36.8 Å². The predicted octanol–water partition coefficient (Wildman–Crippen LogP) is 5.24. The number of piperazine rings is 1. The monoisotopic (exact) mass is 537 g/mol. The zero-order valence-corrected chi connectivity index (χ0v) is 23.4. The fourth-order valence-electron chi connectivity index (χ4n) is 6.22. The highest BCUT2D eigenvalue weighted by molar-refractivity contribution is 5.97. The Labute approximate surface area is 234 Å². The summed E-state index contributed by atoms with van der Waals surface area (Å²) in [6, 6.07) is 21.6. The number of rotatable bonds is 7. The van der Waals surface area contributed by atoms with Gasteiger partial charge in [-0.3, -0.25) is 9.59 Å². The predicted molar refractivity (Wildman–Crippen MR) is 155 cm³/mol. The lowest BCUT2D eigenvalue weighted by Crippen LogP contribution is -2.63. The number of benzene rings is 3. The van der Waals surface area contributed by atoms with Gasteiger partial charge in [-0.2, -0.15) is 0 Å². The number of fused-ring (bicyclic) bond motifs is 4. The van der Waals surface area contributed by atoms with Crippen molar-refractivity contribution in [1.29, 1.82) is 0 Å². The lowest BCUT2D eigenvalue weighted by molar-refractivity contribution is -0.158. The number of carbonyl (C=O) groups excluding carboxylic acids is 2. The molecule has 7 heteroatoms. The molecule has 2 atom stereocenters. The van der Waals surface area contributed by atoms with Crippen molar-refractivity contribution in [3.8, 4) is 11.5 Å². The summed E-state index contributed by atoms with van der Waals surface area (Å²) in [6.07, 6.45) is 1.11. The second-order valence-electron chi connectivity index (χ2n) is 11.0. The molecule has 0 radical (unpaired) electrons. The van der Waals surface area contributed by atoms with E-state index in [1.54, 1.807) is 19.1 Å². The average molecular weight is 538 g/mol. The number of aromatic nitrogens is 1.